The zero-order valence-corrected chi connectivity index (χ0v) is 14.4. The second kappa shape index (κ2) is 7.07. The van der Waals surface area contributed by atoms with Crippen molar-refractivity contribution in [2.75, 3.05) is 0 Å². The van der Waals surface area contributed by atoms with Crippen molar-refractivity contribution in [1.29, 1.82) is 0 Å². The van der Waals surface area contributed by atoms with Crippen molar-refractivity contribution >= 4 is 21.1 Å². The molecule has 1 aromatic heterocycles. The fourth-order valence-corrected chi connectivity index (χ4v) is 3.95. The Hall–Kier alpha value is -2.03. The zero-order valence-electron chi connectivity index (χ0n) is 13.6. The molecule has 5 nitrogen and oxygen atoms in total. The maximum absolute atomic E-state index is 13.0. The summed E-state index contributed by atoms with van der Waals surface area (Å²) in [5.74, 6) is -0.204. The maximum Gasteiger partial charge on any atom is 0.417 e. The van der Waals surface area contributed by atoms with Crippen molar-refractivity contribution < 1.29 is 30.2 Å². The number of hydrogen-bond acceptors (Lipinski definition) is 5. The minimum atomic E-state index is -4.74. The van der Waals surface area contributed by atoms with Crippen molar-refractivity contribution in [2.24, 2.45) is 0 Å². The molecule has 0 saturated heterocycles. The van der Waals surface area contributed by atoms with Crippen molar-refractivity contribution in [3.63, 3.8) is 0 Å². The topological polar surface area (TPSA) is 73.6 Å². The monoisotopic (exact) mass is 378 g/mol. The van der Waals surface area contributed by atoms with E-state index in [1.165, 1.54) is 0 Å². The summed E-state index contributed by atoms with van der Waals surface area (Å²) in [5.41, 5.74) is -2.72. The first kappa shape index (κ1) is 19.3. The van der Waals surface area contributed by atoms with Crippen molar-refractivity contribution in [3.8, 4) is 5.75 Å². The molecule has 2 aromatic rings. The Morgan fingerprint density at radius 2 is 1.88 bits per heavy atom. The van der Waals surface area contributed by atoms with Gasteiger partial charge in [-0.25, -0.2) is 4.79 Å². The van der Waals surface area contributed by atoms with E-state index in [4.69, 9.17) is 8.60 Å². The van der Waals surface area contributed by atoms with Gasteiger partial charge in [-0.1, -0.05) is 20.3 Å². The lowest BCUT2D eigenvalue weighted by atomic mass is 10.1. The minimum Gasteiger partial charge on any atom is -0.423 e. The first-order chi connectivity index (χ1) is 11.6. The fourth-order valence-electron chi connectivity index (χ4n) is 2.51. The van der Waals surface area contributed by atoms with E-state index in [1.807, 2.05) is 6.92 Å². The molecule has 0 aliphatic rings. The van der Waals surface area contributed by atoms with E-state index in [0.29, 0.717) is 25.3 Å². The first-order valence-corrected chi connectivity index (χ1v) is 9.14. The second-order valence-corrected chi connectivity index (χ2v) is 7.35. The van der Waals surface area contributed by atoms with Crippen molar-refractivity contribution in [3.05, 3.63) is 40.2 Å². The standard InChI is InChI=1S/C16H17F3O5S/c1-3-5-11(4-2)25(21,22)24-10-6-7-12-13(16(17,18)19)9-15(20)23-14(12)8-10/h6-9,11H,3-5H2,1-2H3. The fraction of sp³-hybridized carbons (Fsp3) is 0.438. The molecule has 1 aromatic carbocycles. The van der Waals surface area contributed by atoms with Crippen LogP contribution in [0, 0.1) is 0 Å². The van der Waals surface area contributed by atoms with Gasteiger partial charge in [0.1, 0.15) is 11.3 Å². The highest BCUT2D eigenvalue weighted by atomic mass is 32.2. The summed E-state index contributed by atoms with van der Waals surface area (Å²) in [7, 11) is -3.95. The van der Waals surface area contributed by atoms with Gasteiger partial charge < -0.3 is 8.60 Å². The molecule has 1 heterocycles. The molecule has 9 heteroatoms. The lowest BCUT2D eigenvalue weighted by Gasteiger charge is -2.16. The van der Waals surface area contributed by atoms with Gasteiger partial charge in [-0.3, -0.25) is 0 Å². The van der Waals surface area contributed by atoms with Crippen LogP contribution in [0.3, 0.4) is 0 Å². The van der Waals surface area contributed by atoms with Gasteiger partial charge in [0.15, 0.2) is 0 Å². The van der Waals surface area contributed by atoms with Gasteiger partial charge >= 0.3 is 21.9 Å². The smallest absolute Gasteiger partial charge is 0.417 e. The molecule has 0 aliphatic heterocycles. The summed E-state index contributed by atoms with van der Waals surface area (Å²) < 4.78 is 73.3. The van der Waals surface area contributed by atoms with Crippen LogP contribution < -0.4 is 9.81 Å². The molecule has 1 atom stereocenters. The number of alkyl halides is 3. The number of halogens is 3. The van der Waals surface area contributed by atoms with E-state index in [2.05, 4.69) is 0 Å². The lowest BCUT2D eigenvalue weighted by Crippen LogP contribution is -2.25. The van der Waals surface area contributed by atoms with Gasteiger partial charge in [-0.05, 0) is 25.0 Å². The van der Waals surface area contributed by atoms with Crippen LogP contribution in [0.5, 0.6) is 5.75 Å². The lowest BCUT2D eigenvalue weighted by molar-refractivity contribution is -0.136. The molecule has 0 fully saturated rings. The predicted molar refractivity (Wildman–Crippen MR) is 86.0 cm³/mol. The van der Waals surface area contributed by atoms with E-state index >= 15 is 0 Å². The number of fused-ring (bicyclic) bond motifs is 1. The molecule has 2 rings (SSSR count). The van der Waals surface area contributed by atoms with Gasteiger partial charge in [0, 0.05) is 17.5 Å². The molecular weight excluding hydrogens is 361 g/mol. The predicted octanol–water partition coefficient (Wildman–Crippen LogP) is 4.10. The van der Waals surface area contributed by atoms with Crippen LogP contribution in [0.2, 0.25) is 0 Å². The third kappa shape index (κ3) is 4.33. The summed E-state index contributed by atoms with van der Waals surface area (Å²) in [6.45, 7) is 3.54. The summed E-state index contributed by atoms with van der Waals surface area (Å²) in [6.07, 6.45) is -3.35. The Kier molecular flexibility index (Phi) is 5.46. The first-order valence-electron chi connectivity index (χ1n) is 7.67. The summed E-state index contributed by atoms with van der Waals surface area (Å²) >= 11 is 0. The van der Waals surface area contributed by atoms with Gasteiger partial charge in [-0.15, -0.1) is 0 Å². The molecule has 0 saturated carbocycles. The van der Waals surface area contributed by atoms with Crippen LogP contribution in [0.1, 0.15) is 38.7 Å². The van der Waals surface area contributed by atoms with Crippen molar-refractivity contribution in [2.45, 2.75) is 44.5 Å². The SMILES string of the molecule is CCCC(CC)S(=O)(=O)Oc1ccc2c(C(F)(F)F)cc(=O)oc2c1. The summed E-state index contributed by atoms with van der Waals surface area (Å²) in [6, 6.07) is 3.46. The van der Waals surface area contributed by atoms with Crippen LogP contribution in [0.15, 0.2) is 33.5 Å². The average Bonchev–Trinajstić information content (AvgIpc) is 2.49. The molecule has 0 spiro atoms. The highest BCUT2D eigenvalue weighted by molar-refractivity contribution is 7.87. The second-order valence-electron chi connectivity index (χ2n) is 5.53. The molecule has 25 heavy (non-hydrogen) atoms. The average molecular weight is 378 g/mol. The van der Waals surface area contributed by atoms with Gasteiger partial charge in [-0.2, -0.15) is 21.6 Å². The van der Waals surface area contributed by atoms with Gasteiger partial charge in [0.2, 0.25) is 0 Å². The third-order valence-corrected chi connectivity index (χ3v) is 5.52. The largest absolute Gasteiger partial charge is 0.423 e. The Bertz CT molecular complexity index is 915. The van der Waals surface area contributed by atoms with E-state index < -0.39 is 38.3 Å². The number of hydrogen-bond donors (Lipinski definition) is 0. The normalized spacial score (nSPS) is 13.8. The minimum absolute atomic E-state index is 0.204. The molecule has 0 N–H and O–H groups in total. The molecule has 0 amide bonds. The highest BCUT2D eigenvalue weighted by Crippen LogP contribution is 2.35. The van der Waals surface area contributed by atoms with E-state index in [0.717, 1.165) is 18.2 Å². The Morgan fingerprint density at radius 3 is 2.44 bits per heavy atom. The summed E-state index contributed by atoms with van der Waals surface area (Å²) in [5, 5.41) is -1.07. The zero-order chi connectivity index (χ0) is 18.8. The van der Waals surface area contributed by atoms with Crippen LogP contribution in [0.25, 0.3) is 11.0 Å². The number of benzene rings is 1. The molecule has 1 unspecified atom stereocenters. The molecule has 0 bridgehead atoms. The molecule has 138 valence electrons. The van der Waals surface area contributed by atoms with Crippen LogP contribution in [-0.2, 0) is 16.3 Å². The quantitative estimate of drug-likeness (QED) is 0.559. The molecule has 0 aliphatic carbocycles. The Morgan fingerprint density at radius 1 is 1.20 bits per heavy atom. The van der Waals surface area contributed by atoms with Gasteiger partial charge in [0.25, 0.3) is 0 Å². The van der Waals surface area contributed by atoms with Crippen LogP contribution in [-0.4, -0.2) is 13.7 Å². The third-order valence-electron chi connectivity index (χ3n) is 3.71. The highest BCUT2D eigenvalue weighted by Gasteiger charge is 2.34. The van der Waals surface area contributed by atoms with Crippen LogP contribution in [0.4, 0.5) is 13.2 Å². The Labute approximate surface area is 142 Å². The molecular formula is C16H17F3O5S. The molecule has 0 radical (unpaired) electrons. The number of rotatable bonds is 6. The Balaban J connectivity index is 2.47. The van der Waals surface area contributed by atoms with E-state index in [1.54, 1.807) is 6.92 Å². The van der Waals surface area contributed by atoms with Crippen molar-refractivity contribution in [1.82, 2.24) is 0 Å². The van der Waals surface area contributed by atoms with E-state index in [9.17, 15) is 26.4 Å². The van der Waals surface area contributed by atoms with Crippen LogP contribution >= 0.6 is 0 Å². The summed E-state index contributed by atoms with van der Waals surface area (Å²) in [4.78, 5) is 11.4. The van der Waals surface area contributed by atoms with Gasteiger partial charge in [0.05, 0.1) is 10.8 Å². The van der Waals surface area contributed by atoms with E-state index in [-0.39, 0.29) is 11.1 Å². The maximum atomic E-state index is 13.0.